The summed E-state index contributed by atoms with van der Waals surface area (Å²) in [6.45, 7) is 3.15. The van der Waals surface area contributed by atoms with Gasteiger partial charge in [-0.3, -0.25) is 0 Å². The van der Waals surface area contributed by atoms with Crippen LogP contribution >= 0.6 is 0 Å². The minimum Gasteiger partial charge on any atom is -0.378 e. The van der Waals surface area contributed by atoms with E-state index in [0.29, 0.717) is 0 Å². The highest BCUT2D eigenvalue weighted by atomic mass is 15.1. The fraction of sp³-hybridized carbons (Fsp3) is 0.227. The Morgan fingerprint density at radius 3 is 2.25 bits per heavy atom. The van der Waals surface area contributed by atoms with Gasteiger partial charge in [0.05, 0.1) is 0 Å². The predicted molar refractivity (Wildman–Crippen MR) is 106 cm³/mol. The van der Waals surface area contributed by atoms with Gasteiger partial charge < -0.3 is 4.90 Å². The van der Waals surface area contributed by atoms with Crippen LogP contribution in [0.15, 0.2) is 60.7 Å². The molecule has 2 heteroatoms. The van der Waals surface area contributed by atoms with Crippen molar-refractivity contribution in [1.82, 2.24) is 0 Å². The Morgan fingerprint density at radius 2 is 1.58 bits per heavy atom. The molecule has 0 aliphatic heterocycles. The van der Waals surface area contributed by atoms with E-state index in [1.165, 1.54) is 27.8 Å². The van der Waals surface area contributed by atoms with Crippen molar-refractivity contribution in [3.05, 3.63) is 71.9 Å². The quantitative estimate of drug-likeness (QED) is 0.612. The van der Waals surface area contributed by atoms with Crippen molar-refractivity contribution in [3.63, 3.8) is 0 Å². The maximum Gasteiger partial charge on any atom is 0.212 e. The molecule has 2 nitrogen and oxygen atoms in total. The Morgan fingerprint density at radius 1 is 0.875 bits per heavy atom. The SMILES string of the molecule is C.CC[n+]1c(/C=C/c2ccc(N(C)C)cc2)ccc2ccccc21. The number of nitrogens with zero attached hydrogens (tertiary/aromatic N) is 2. The first-order valence-corrected chi connectivity index (χ1v) is 8.06. The molecule has 0 saturated carbocycles. The molecule has 0 atom stereocenters. The van der Waals surface area contributed by atoms with Gasteiger partial charge in [0.2, 0.25) is 11.2 Å². The highest BCUT2D eigenvalue weighted by molar-refractivity contribution is 5.77. The number of pyridine rings is 1. The summed E-state index contributed by atoms with van der Waals surface area (Å²) >= 11 is 0. The third kappa shape index (κ3) is 3.65. The Balaban J connectivity index is 0.00000208. The van der Waals surface area contributed by atoms with E-state index in [1.807, 2.05) is 0 Å². The van der Waals surface area contributed by atoms with Crippen LogP contribution in [-0.4, -0.2) is 14.1 Å². The van der Waals surface area contributed by atoms with Crippen molar-refractivity contribution in [2.45, 2.75) is 20.9 Å². The zero-order valence-corrected chi connectivity index (χ0v) is 14.0. The molecule has 0 amide bonds. The molecule has 1 heterocycles. The van der Waals surface area contributed by atoms with E-state index in [0.717, 1.165) is 6.54 Å². The molecule has 0 aliphatic rings. The van der Waals surface area contributed by atoms with Crippen LogP contribution in [0, 0.1) is 0 Å². The summed E-state index contributed by atoms with van der Waals surface area (Å²) in [7, 11) is 4.12. The van der Waals surface area contributed by atoms with Crippen LogP contribution in [-0.2, 0) is 6.54 Å². The summed E-state index contributed by atoms with van der Waals surface area (Å²) < 4.78 is 2.35. The average molecular weight is 319 g/mol. The van der Waals surface area contributed by atoms with Crippen molar-refractivity contribution in [1.29, 1.82) is 0 Å². The average Bonchev–Trinajstić information content (AvgIpc) is 2.59. The molecule has 0 bridgehead atoms. The third-order valence-corrected chi connectivity index (χ3v) is 4.15. The van der Waals surface area contributed by atoms with Crippen LogP contribution in [0.1, 0.15) is 25.6 Å². The summed E-state index contributed by atoms with van der Waals surface area (Å²) in [6.07, 6.45) is 4.37. The molecule has 124 valence electrons. The van der Waals surface area contributed by atoms with Gasteiger partial charge in [0.25, 0.3) is 0 Å². The molecule has 3 rings (SSSR count). The van der Waals surface area contributed by atoms with Crippen LogP contribution in [0.3, 0.4) is 0 Å². The number of aromatic nitrogens is 1. The highest BCUT2D eigenvalue weighted by Crippen LogP contribution is 2.15. The number of benzene rings is 2. The number of aryl methyl sites for hydroxylation is 1. The predicted octanol–water partition coefficient (Wildman–Crippen LogP) is 5.02. The minimum atomic E-state index is 0. The van der Waals surface area contributed by atoms with E-state index in [4.69, 9.17) is 0 Å². The normalized spacial score (nSPS) is 10.8. The summed E-state index contributed by atoms with van der Waals surface area (Å²) in [5, 5.41) is 1.28. The molecular formula is C22H27N2+. The summed E-state index contributed by atoms with van der Waals surface area (Å²) in [4.78, 5) is 2.11. The van der Waals surface area contributed by atoms with Crippen molar-refractivity contribution >= 4 is 28.7 Å². The lowest BCUT2D eigenvalue weighted by Gasteiger charge is -2.11. The topological polar surface area (TPSA) is 7.12 Å². The number of hydrogen-bond acceptors (Lipinski definition) is 1. The van der Waals surface area contributed by atoms with E-state index in [-0.39, 0.29) is 7.43 Å². The molecule has 0 fully saturated rings. The second-order valence-electron chi connectivity index (χ2n) is 5.88. The summed E-state index contributed by atoms with van der Waals surface area (Å²) in [5.41, 5.74) is 4.94. The lowest BCUT2D eigenvalue weighted by Crippen LogP contribution is -2.36. The highest BCUT2D eigenvalue weighted by Gasteiger charge is 2.10. The second kappa shape index (κ2) is 7.78. The molecule has 0 saturated heterocycles. The fourth-order valence-corrected chi connectivity index (χ4v) is 2.84. The monoisotopic (exact) mass is 319 g/mol. The van der Waals surface area contributed by atoms with Crippen molar-refractivity contribution in [2.24, 2.45) is 0 Å². The van der Waals surface area contributed by atoms with Gasteiger partial charge in [-0.25, -0.2) is 0 Å². The van der Waals surface area contributed by atoms with Crippen LogP contribution < -0.4 is 9.47 Å². The number of hydrogen-bond donors (Lipinski definition) is 0. The van der Waals surface area contributed by atoms with Crippen LogP contribution in [0.2, 0.25) is 0 Å². The van der Waals surface area contributed by atoms with E-state index < -0.39 is 0 Å². The van der Waals surface area contributed by atoms with Crippen LogP contribution in [0.4, 0.5) is 5.69 Å². The van der Waals surface area contributed by atoms with Crippen LogP contribution in [0.25, 0.3) is 23.1 Å². The van der Waals surface area contributed by atoms with E-state index in [1.54, 1.807) is 0 Å². The molecule has 0 N–H and O–H groups in total. The van der Waals surface area contributed by atoms with Gasteiger partial charge in [-0.05, 0) is 42.8 Å². The number of fused-ring (bicyclic) bond motifs is 1. The van der Waals surface area contributed by atoms with E-state index >= 15 is 0 Å². The maximum absolute atomic E-state index is 2.35. The number of rotatable bonds is 4. The Bertz CT molecular complexity index is 830. The first-order chi connectivity index (χ1) is 11.2. The van der Waals surface area contributed by atoms with E-state index in [2.05, 4.69) is 103 Å². The van der Waals surface area contributed by atoms with Crippen molar-refractivity contribution < 1.29 is 4.57 Å². The molecule has 2 aromatic carbocycles. The van der Waals surface area contributed by atoms with Crippen molar-refractivity contribution in [3.8, 4) is 0 Å². The molecular weight excluding hydrogens is 292 g/mol. The van der Waals surface area contributed by atoms with Gasteiger partial charge in [-0.2, -0.15) is 4.57 Å². The van der Waals surface area contributed by atoms with Gasteiger partial charge in [-0.15, -0.1) is 0 Å². The zero-order chi connectivity index (χ0) is 16.2. The lowest BCUT2D eigenvalue weighted by atomic mass is 10.1. The minimum absolute atomic E-state index is 0. The van der Waals surface area contributed by atoms with Crippen molar-refractivity contribution in [2.75, 3.05) is 19.0 Å². The van der Waals surface area contributed by atoms with Gasteiger partial charge in [-0.1, -0.05) is 31.7 Å². The summed E-state index contributed by atoms with van der Waals surface area (Å²) in [5.74, 6) is 0. The number of para-hydroxylation sites is 1. The van der Waals surface area contributed by atoms with E-state index in [9.17, 15) is 0 Å². The molecule has 0 radical (unpaired) electrons. The molecule has 3 aromatic rings. The molecule has 0 spiro atoms. The Kier molecular flexibility index (Phi) is 5.75. The molecule has 1 aromatic heterocycles. The summed E-state index contributed by atoms with van der Waals surface area (Å²) in [6, 6.07) is 21.5. The second-order valence-corrected chi connectivity index (χ2v) is 5.88. The molecule has 0 unspecified atom stereocenters. The lowest BCUT2D eigenvalue weighted by molar-refractivity contribution is -0.669. The Hall–Kier alpha value is -2.61. The van der Waals surface area contributed by atoms with Gasteiger partial charge in [0.15, 0.2) is 0 Å². The Labute approximate surface area is 145 Å². The third-order valence-electron chi connectivity index (χ3n) is 4.15. The van der Waals surface area contributed by atoms with Gasteiger partial charge in [0, 0.05) is 43.4 Å². The largest absolute Gasteiger partial charge is 0.378 e. The first kappa shape index (κ1) is 17.7. The zero-order valence-electron chi connectivity index (χ0n) is 14.0. The molecule has 0 aliphatic carbocycles. The van der Waals surface area contributed by atoms with Gasteiger partial charge in [0.1, 0.15) is 6.54 Å². The standard InChI is InChI=1S/C21H23N2.CH4/c1-4-23-20(16-12-18-7-5-6-8-21(18)23)15-11-17-9-13-19(14-10-17)22(2)3;/h5-16H,4H2,1-3H3;1H4/q+1;. The van der Waals surface area contributed by atoms with Crippen LogP contribution in [0.5, 0.6) is 0 Å². The maximum atomic E-state index is 2.35. The molecule has 24 heavy (non-hydrogen) atoms. The number of anilines is 1. The first-order valence-electron chi connectivity index (χ1n) is 8.06. The van der Waals surface area contributed by atoms with Gasteiger partial charge >= 0.3 is 0 Å². The fourth-order valence-electron chi connectivity index (χ4n) is 2.84. The smallest absolute Gasteiger partial charge is 0.212 e.